The zero-order valence-electron chi connectivity index (χ0n) is 15.2. The molecular weight excluding hydrogens is 381 g/mol. The molecule has 3 rings (SSSR count). The van der Waals surface area contributed by atoms with E-state index in [0.29, 0.717) is 17.3 Å². The second-order valence-electron chi connectivity index (χ2n) is 6.03. The molecule has 1 unspecified atom stereocenters. The molecule has 6 nitrogen and oxygen atoms in total. The van der Waals surface area contributed by atoms with Crippen molar-refractivity contribution in [2.24, 2.45) is 0 Å². The first-order chi connectivity index (χ1) is 13.4. The Morgan fingerprint density at radius 1 is 1.11 bits per heavy atom. The molecule has 2 amide bonds. The largest absolute Gasteiger partial charge is 0.360 e. The van der Waals surface area contributed by atoms with Gasteiger partial charge in [0.2, 0.25) is 5.91 Å². The van der Waals surface area contributed by atoms with E-state index in [1.165, 1.54) is 30.0 Å². The average Bonchev–Trinajstić information content (AvgIpc) is 3.08. The molecule has 0 radical (unpaired) electrons. The van der Waals surface area contributed by atoms with E-state index in [1.54, 1.807) is 50.2 Å². The van der Waals surface area contributed by atoms with Crippen LogP contribution in [0.1, 0.15) is 23.0 Å². The van der Waals surface area contributed by atoms with Gasteiger partial charge in [-0.25, -0.2) is 4.39 Å². The van der Waals surface area contributed by atoms with Crippen LogP contribution in [-0.2, 0) is 4.79 Å². The van der Waals surface area contributed by atoms with Gasteiger partial charge in [0.15, 0.2) is 5.82 Å². The molecule has 0 aliphatic heterocycles. The maximum atomic E-state index is 13.7. The molecule has 0 saturated heterocycles. The van der Waals surface area contributed by atoms with Crippen molar-refractivity contribution in [3.8, 4) is 0 Å². The number of anilines is 2. The fraction of sp³-hybridized carbons (Fsp3) is 0.150. The number of halogens is 1. The van der Waals surface area contributed by atoms with Crippen LogP contribution in [0.3, 0.4) is 0 Å². The second-order valence-corrected chi connectivity index (χ2v) is 7.44. The number of rotatable bonds is 6. The molecule has 1 atom stereocenters. The first-order valence-corrected chi connectivity index (χ1v) is 9.37. The van der Waals surface area contributed by atoms with E-state index in [2.05, 4.69) is 15.8 Å². The van der Waals surface area contributed by atoms with Gasteiger partial charge in [-0.05, 0) is 50.2 Å². The van der Waals surface area contributed by atoms with Crippen molar-refractivity contribution in [1.82, 2.24) is 5.16 Å². The smallest absolute Gasteiger partial charge is 0.258 e. The molecule has 3 aromatic rings. The van der Waals surface area contributed by atoms with E-state index >= 15 is 0 Å². The molecule has 1 aromatic heterocycles. The van der Waals surface area contributed by atoms with Crippen LogP contribution in [0.2, 0.25) is 0 Å². The lowest BCUT2D eigenvalue weighted by Crippen LogP contribution is -2.22. The number of amides is 2. The van der Waals surface area contributed by atoms with Gasteiger partial charge in [-0.3, -0.25) is 9.59 Å². The number of nitrogens with one attached hydrogen (secondary N) is 2. The van der Waals surface area contributed by atoms with Crippen molar-refractivity contribution in [2.75, 3.05) is 10.6 Å². The summed E-state index contributed by atoms with van der Waals surface area (Å²) in [5.74, 6) is -0.302. The lowest BCUT2D eigenvalue weighted by Gasteiger charge is -2.11. The van der Waals surface area contributed by atoms with Gasteiger partial charge in [-0.15, -0.1) is 11.8 Å². The van der Waals surface area contributed by atoms with Crippen LogP contribution in [0, 0.1) is 12.7 Å². The Morgan fingerprint density at radius 2 is 1.82 bits per heavy atom. The van der Waals surface area contributed by atoms with Crippen molar-refractivity contribution < 1.29 is 18.5 Å². The number of benzene rings is 2. The summed E-state index contributed by atoms with van der Waals surface area (Å²) < 4.78 is 18.6. The van der Waals surface area contributed by atoms with Crippen molar-refractivity contribution >= 4 is 35.1 Å². The van der Waals surface area contributed by atoms with Crippen LogP contribution in [0.5, 0.6) is 0 Å². The Labute approximate surface area is 165 Å². The van der Waals surface area contributed by atoms with Crippen molar-refractivity contribution in [3.63, 3.8) is 0 Å². The predicted molar refractivity (Wildman–Crippen MR) is 106 cm³/mol. The number of hydrogen-bond acceptors (Lipinski definition) is 5. The topological polar surface area (TPSA) is 84.2 Å². The molecule has 144 valence electrons. The Morgan fingerprint density at radius 3 is 2.46 bits per heavy atom. The minimum Gasteiger partial charge on any atom is -0.360 e. The summed E-state index contributed by atoms with van der Waals surface area (Å²) >= 11 is 1.36. The van der Waals surface area contributed by atoms with Gasteiger partial charge in [-0.2, -0.15) is 0 Å². The molecule has 0 bridgehead atoms. The van der Waals surface area contributed by atoms with Gasteiger partial charge < -0.3 is 15.2 Å². The molecule has 0 spiro atoms. The first-order valence-electron chi connectivity index (χ1n) is 8.49. The molecule has 28 heavy (non-hydrogen) atoms. The molecule has 0 aliphatic rings. The molecule has 0 aliphatic carbocycles. The van der Waals surface area contributed by atoms with Gasteiger partial charge >= 0.3 is 0 Å². The summed E-state index contributed by atoms with van der Waals surface area (Å²) in [6.07, 6.45) is 0. The lowest BCUT2D eigenvalue weighted by atomic mass is 10.2. The zero-order chi connectivity index (χ0) is 20.1. The predicted octanol–water partition coefficient (Wildman–Crippen LogP) is 4.49. The Balaban J connectivity index is 1.57. The summed E-state index contributed by atoms with van der Waals surface area (Å²) in [6.45, 7) is 3.52. The van der Waals surface area contributed by atoms with Crippen LogP contribution >= 0.6 is 11.8 Å². The highest BCUT2D eigenvalue weighted by Gasteiger charge is 2.16. The van der Waals surface area contributed by atoms with Gasteiger partial charge in [-0.1, -0.05) is 17.3 Å². The highest BCUT2D eigenvalue weighted by atomic mass is 32.2. The zero-order valence-corrected chi connectivity index (χ0v) is 16.0. The lowest BCUT2D eigenvalue weighted by molar-refractivity contribution is -0.115. The van der Waals surface area contributed by atoms with E-state index in [0.717, 1.165) is 4.90 Å². The third-order valence-corrected chi connectivity index (χ3v) is 4.90. The monoisotopic (exact) mass is 399 g/mol. The second kappa shape index (κ2) is 8.71. The number of carbonyl (C=O) groups excluding carboxylic acids is 2. The van der Waals surface area contributed by atoms with Gasteiger partial charge in [0, 0.05) is 16.6 Å². The maximum absolute atomic E-state index is 13.7. The van der Waals surface area contributed by atoms with Gasteiger partial charge in [0.25, 0.3) is 5.91 Å². The molecule has 2 N–H and O–H groups in total. The summed E-state index contributed by atoms with van der Waals surface area (Å²) in [7, 11) is 0. The average molecular weight is 399 g/mol. The van der Waals surface area contributed by atoms with E-state index in [1.807, 2.05) is 0 Å². The van der Waals surface area contributed by atoms with Crippen LogP contribution in [-0.4, -0.2) is 22.2 Å². The van der Waals surface area contributed by atoms with E-state index in [4.69, 9.17) is 4.52 Å². The minimum atomic E-state index is -0.575. The Bertz CT molecular complexity index is 988. The fourth-order valence-corrected chi connectivity index (χ4v) is 3.24. The number of hydrogen-bond donors (Lipinski definition) is 2. The molecule has 1 heterocycles. The van der Waals surface area contributed by atoms with Crippen LogP contribution in [0.25, 0.3) is 0 Å². The molecule has 2 aromatic carbocycles. The normalized spacial score (nSPS) is 11.7. The molecule has 0 saturated carbocycles. The standard InChI is InChI=1S/C20H18FN3O3S/c1-12-11-18(24-27-12)23-19(25)13(2)28-15-9-7-14(8-10-15)22-20(26)16-5-3-4-6-17(16)21/h3-11,13H,1-2H3,(H,22,26)(H,23,24,25). The van der Waals surface area contributed by atoms with E-state index in [9.17, 15) is 14.0 Å². The van der Waals surface area contributed by atoms with Crippen molar-refractivity contribution in [1.29, 1.82) is 0 Å². The molecule has 0 fully saturated rings. The number of aryl methyl sites for hydroxylation is 1. The van der Waals surface area contributed by atoms with Crippen LogP contribution in [0.15, 0.2) is 64.0 Å². The summed E-state index contributed by atoms with van der Waals surface area (Å²) in [5, 5.41) is 8.71. The van der Waals surface area contributed by atoms with Crippen LogP contribution < -0.4 is 10.6 Å². The third kappa shape index (κ3) is 4.98. The molecule has 8 heteroatoms. The van der Waals surface area contributed by atoms with Gasteiger partial charge in [0.05, 0.1) is 10.8 Å². The first kappa shape index (κ1) is 19.6. The quantitative estimate of drug-likeness (QED) is 0.597. The highest BCUT2D eigenvalue weighted by Crippen LogP contribution is 2.26. The van der Waals surface area contributed by atoms with E-state index < -0.39 is 11.7 Å². The van der Waals surface area contributed by atoms with E-state index in [-0.39, 0.29) is 16.7 Å². The van der Waals surface area contributed by atoms with Crippen molar-refractivity contribution in [2.45, 2.75) is 24.0 Å². The minimum absolute atomic E-state index is 0.0191. The maximum Gasteiger partial charge on any atom is 0.258 e. The Kier molecular flexibility index (Phi) is 6.10. The van der Waals surface area contributed by atoms with Gasteiger partial charge in [0.1, 0.15) is 11.6 Å². The number of thioether (sulfide) groups is 1. The number of carbonyl (C=O) groups is 2. The summed E-state index contributed by atoms with van der Waals surface area (Å²) in [6, 6.07) is 14.4. The SMILES string of the molecule is Cc1cc(NC(=O)C(C)Sc2ccc(NC(=O)c3ccccc3F)cc2)no1. The van der Waals surface area contributed by atoms with Crippen LogP contribution in [0.4, 0.5) is 15.9 Å². The van der Waals surface area contributed by atoms with Crippen molar-refractivity contribution in [3.05, 3.63) is 71.7 Å². The molecular formula is C20H18FN3O3S. The fourth-order valence-electron chi connectivity index (χ4n) is 2.37. The third-order valence-electron chi connectivity index (χ3n) is 3.79. The summed E-state index contributed by atoms with van der Waals surface area (Å²) in [4.78, 5) is 25.2. The highest BCUT2D eigenvalue weighted by molar-refractivity contribution is 8.00. The Hall–Kier alpha value is -3.13. The number of aromatic nitrogens is 1. The summed E-state index contributed by atoms with van der Waals surface area (Å²) in [5.41, 5.74) is 0.516. The number of nitrogens with zero attached hydrogens (tertiary/aromatic N) is 1.